The van der Waals surface area contributed by atoms with Gasteiger partial charge in [-0.05, 0) is 21.0 Å². The van der Waals surface area contributed by atoms with Crippen molar-refractivity contribution in [1.82, 2.24) is 19.6 Å². The number of aliphatic hydroxyl groups is 1. The number of nitrogens with zero attached hydrogens (tertiary/aromatic N) is 4. The molecule has 1 aromatic heterocycles. The standard InChI is InChI=1S/C13H23ClN4O/c1-9-13(14)10(18(4)15-9)7-12(19)11-8-16(2)5-6-17(11)3/h11-12,19H,5-8H2,1-4H3. The highest BCUT2D eigenvalue weighted by atomic mass is 35.5. The maximum atomic E-state index is 10.5. The minimum atomic E-state index is -0.431. The summed E-state index contributed by atoms with van der Waals surface area (Å²) in [7, 11) is 6.03. The van der Waals surface area contributed by atoms with Gasteiger partial charge in [-0.2, -0.15) is 5.10 Å². The van der Waals surface area contributed by atoms with Crippen molar-refractivity contribution in [3.63, 3.8) is 0 Å². The molecule has 1 aliphatic heterocycles. The summed E-state index contributed by atoms with van der Waals surface area (Å²) in [6.45, 7) is 4.80. The zero-order valence-corrected chi connectivity index (χ0v) is 12.9. The highest BCUT2D eigenvalue weighted by Crippen LogP contribution is 2.22. The van der Waals surface area contributed by atoms with Crippen LogP contribution in [0.3, 0.4) is 0 Å². The van der Waals surface area contributed by atoms with Crippen molar-refractivity contribution in [2.24, 2.45) is 7.05 Å². The van der Waals surface area contributed by atoms with Crippen LogP contribution in [0.2, 0.25) is 5.02 Å². The smallest absolute Gasteiger partial charge is 0.0847 e. The lowest BCUT2D eigenvalue weighted by Crippen LogP contribution is -2.55. The molecule has 0 spiro atoms. The van der Waals surface area contributed by atoms with Gasteiger partial charge in [-0.25, -0.2) is 0 Å². The molecule has 0 amide bonds. The molecule has 0 aliphatic carbocycles. The molecule has 1 N–H and O–H groups in total. The Labute approximate surface area is 119 Å². The third-order valence-corrected chi connectivity index (χ3v) is 4.50. The maximum absolute atomic E-state index is 10.5. The predicted molar refractivity (Wildman–Crippen MR) is 76.6 cm³/mol. The van der Waals surface area contributed by atoms with Crippen molar-refractivity contribution in [3.8, 4) is 0 Å². The average molecular weight is 287 g/mol. The van der Waals surface area contributed by atoms with Crippen molar-refractivity contribution < 1.29 is 5.11 Å². The van der Waals surface area contributed by atoms with E-state index in [-0.39, 0.29) is 6.04 Å². The number of aromatic nitrogens is 2. The third-order valence-electron chi connectivity index (χ3n) is 4.01. The van der Waals surface area contributed by atoms with E-state index in [0.29, 0.717) is 11.4 Å². The van der Waals surface area contributed by atoms with Crippen LogP contribution in [-0.2, 0) is 13.5 Å². The minimum absolute atomic E-state index is 0.144. The topological polar surface area (TPSA) is 44.5 Å². The third kappa shape index (κ3) is 3.11. The van der Waals surface area contributed by atoms with E-state index in [0.717, 1.165) is 31.0 Å². The Bertz CT molecular complexity index is 448. The minimum Gasteiger partial charge on any atom is -0.391 e. The Kier molecular flexibility index (Phi) is 4.50. The lowest BCUT2D eigenvalue weighted by atomic mass is 10.0. The Morgan fingerprint density at radius 1 is 1.37 bits per heavy atom. The second-order valence-corrected chi connectivity index (χ2v) is 5.93. The molecule has 0 radical (unpaired) electrons. The van der Waals surface area contributed by atoms with Gasteiger partial charge in [-0.1, -0.05) is 11.6 Å². The molecule has 2 unspecified atom stereocenters. The molecule has 0 bridgehead atoms. The fourth-order valence-electron chi connectivity index (χ4n) is 2.70. The van der Waals surface area contributed by atoms with Crippen LogP contribution in [0.4, 0.5) is 0 Å². The van der Waals surface area contributed by atoms with Crippen LogP contribution in [0.25, 0.3) is 0 Å². The molecule has 1 fully saturated rings. The van der Waals surface area contributed by atoms with Crippen molar-refractivity contribution in [2.45, 2.75) is 25.5 Å². The number of piperazine rings is 1. The highest BCUT2D eigenvalue weighted by molar-refractivity contribution is 6.31. The molecule has 2 rings (SSSR count). The molecule has 2 atom stereocenters. The fraction of sp³-hybridized carbons (Fsp3) is 0.769. The van der Waals surface area contributed by atoms with E-state index in [1.54, 1.807) is 4.68 Å². The molecule has 1 saturated heterocycles. The lowest BCUT2D eigenvalue weighted by Gasteiger charge is -2.40. The second-order valence-electron chi connectivity index (χ2n) is 5.55. The Balaban J connectivity index is 2.09. The van der Waals surface area contributed by atoms with E-state index in [9.17, 15) is 5.11 Å². The quantitative estimate of drug-likeness (QED) is 0.880. The number of hydrogen-bond donors (Lipinski definition) is 1. The van der Waals surface area contributed by atoms with Crippen LogP contribution < -0.4 is 0 Å². The van der Waals surface area contributed by atoms with E-state index < -0.39 is 6.10 Å². The first-order valence-electron chi connectivity index (χ1n) is 6.65. The van der Waals surface area contributed by atoms with E-state index in [1.165, 1.54) is 0 Å². The number of rotatable bonds is 3. The van der Waals surface area contributed by atoms with Crippen LogP contribution in [0, 0.1) is 6.92 Å². The van der Waals surface area contributed by atoms with Gasteiger partial charge in [0.25, 0.3) is 0 Å². The van der Waals surface area contributed by atoms with Crippen LogP contribution in [0.15, 0.2) is 0 Å². The molecule has 5 nitrogen and oxygen atoms in total. The predicted octanol–water partition coefficient (Wildman–Crippen LogP) is 0.531. The summed E-state index contributed by atoms with van der Waals surface area (Å²) in [4.78, 5) is 4.48. The zero-order chi connectivity index (χ0) is 14.2. The van der Waals surface area contributed by atoms with E-state index >= 15 is 0 Å². The molecular weight excluding hydrogens is 264 g/mol. The zero-order valence-electron chi connectivity index (χ0n) is 12.1. The van der Waals surface area contributed by atoms with Crippen molar-refractivity contribution in [1.29, 1.82) is 0 Å². The van der Waals surface area contributed by atoms with Crippen LogP contribution in [0.5, 0.6) is 0 Å². The molecular formula is C13H23ClN4O. The summed E-state index contributed by atoms with van der Waals surface area (Å²) in [6.07, 6.45) is 0.110. The van der Waals surface area contributed by atoms with Crippen LogP contribution in [0.1, 0.15) is 11.4 Å². The largest absolute Gasteiger partial charge is 0.391 e. The first kappa shape index (κ1) is 14.8. The number of hydrogen-bond acceptors (Lipinski definition) is 4. The molecule has 19 heavy (non-hydrogen) atoms. The Morgan fingerprint density at radius 3 is 2.63 bits per heavy atom. The van der Waals surface area contributed by atoms with Crippen LogP contribution >= 0.6 is 11.6 Å². The summed E-state index contributed by atoms with van der Waals surface area (Å²) in [5, 5.41) is 15.5. The first-order chi connectivity index (χ1) is 8.90. The summed E-state index contributed by atoms with van der Waals surface area (Å²) in [5.74, 6) is 0. The van der Waals surface area contributed by atoms with Gasteiger partial charge in [-0.3, -0.25) is 9.58 Å². The number of likely N-dealkylation sites (N-methyl/N-ethyl adjacent to an activating group) is 2. The van der Waals surface area contributed by atoms with Gasteiger partial charge in [0.2, 0.25) is 0 Å². The summed E-state index contributed by atoms with van der Waals surface area (Å²) >= 11 is 6.24. The van der Waals surface area contributed by atoms with Crippen molar-refractivity contribution in [2.75, 3.05) is 33.7 Å². The van der Waals surface area contributed by atoms with Gasteiger partial charge < -0.3 is 10.0 Å². The summed E-state index contributed by atoms with van der Waals surface area (Å²) in [5.41, 5.74) is 1.73. The number of aryl methyl sites for hydroxylation is 2. The monoisotopic (exact) mass is 286 g/mol. The fourth-order valence-corrected chi connectivity index (χ4v) is 2.93. The highest BCUT2D eigenvalue weighted by Gasteiger charge is 2.30. The maximum Gasteiger partial charge on any atom is 0.0847 e. The van der Waals surface area contributed by atoms with E-state index in [2.05, 4.69) is 29.0 Å². The van der Waals surface area contributed by atoms with Gasteiger partial charge in [0.15, 0.2) is 0 Å². The lowest BCUT2D eigenvalue weighted by molar-refractivity contribution is 0.0145. The van der Waals surface area contributed by atoms with Gasteiger partial charge in [0.1, 0.15) is 0 Å². The van der Waals surface area contributed by atoms with Gasteiger partial charge in [-0.15, -0.1) is 0 Å². The van der Waals surface area contributed by atoms with Gasteiger partial charge >= 0.3 is 0 Å². The molecule has 1 aliphatic rings. The molecule has 0 saturated carbocycles. The second kappa shape index (κ2) is 5.79. The summed E-state index contributed by atoms with van der Waals surface area (Å²) < 4.78 is 1.77. The molecule has 2 heterocycles. The van der Waals surface area contributed by atoms with Gasteiger partial charge in [0.05, 0.1) is 22.5 Å². The first-order valence-corrected chi connectivity index (χ1v) is 7.02. The molecule has 0 aromatic carbocycles. The normalized spacial score (nSPS) is 23.8. The van der Waals surface area contributed by atoms with Crippen LogP contribution in [-0.4, -0.2) is 70.6 Å². The average Bonchev–Trinajstić information content (AvgIpc) is 2.59. The Hall–Kier alpha value is -0.620. The molecule has 108 valence electrons. The van der Waals surface area contributed by atoms with Crippen molar-refractivity contribution >= 4 is 11.6 Å². The Morgan fingerprint density at radius 2 is 2.05 bits per heavy atom. The number of aliphatic hydroxyl groups excluding tert-OH is 1. The van der Waals surface area contributed by atoms with E-state index in [1.807, 2.05) is 14.0 Å². The summed E-state index contributed by atoms with van der Waals surface area (Å²) in [6, 6.07) is 0.144. The van der Waals surface area contributed by atoms with Crippen molar-refractivity contribution in [3.05, 3.63) is 16.4 Å². The molecule has 6 heteroatoms. The SMILES string of the molecule is Cc1nn(C)c(CC(O)C2CN(C)CCN2C)c1Cl. The number of halogens is 1. The molecule has 1 aromatic rings. The van der Waals surface area contributed by atoms with Gasteiger partial charge in [0, 0.05) is 39.1 Å². The van der Waals surface area contributed by atoms with E-state index in [4.69, 9.17) is 11.6 Å².